The van der Waals surface area contributed by atoms with Crippen molar-refractivity contribution >= 4 is 23.2 Å². The molecule has 0 atom stereocenters. The summed E-state index contributed by atoms with van der Waals surface area (Å²) < 4.78 is 0. The SMILES string of the molecule is CCCCNC(=O)CCN(C(C)=O)c1ccc(N(CC)CC)cc1C. The molecule has 0 radical (unpaired) electrons. The summed E-state index contributed by atoms with van der Waals surface area (Å²) in [7, 11) is 0. The van der Waals surface area contributed by atoms with Crippen LogP contribution in [0.5, 0.6) is 0 Å². The van der Waals surface area contributed by atoms with Gasteiger partial charge in [-0.25, -0.2) is 0 Å². The molecule has 1 aromatic rings. The maximum absolute atomic E-state index is 12.1. The maximum atomic E-state index is 12.1. The van der Waals surface area contributed by atoms with E-state index in [0.29, 0.717) is 19.5 Å². The molecule has 0 bridgehead atoms. The van der Waals surface area contributed by atoms with Crippen LogP contribution in [-0.2, 0) is 9.59 Å². The second kappa shape index (κ2) is 10.7. The number of nitrogens with one attached hydrogen (secondary N) is 1. The molecule has 0 unspecified atom stereocenters. The van der Waals surface area contributed by atoms with E-state index in [1.54, 1.807) is 11.8 Å². The van der Waals surface area contributed by atoms with E-state index >= 15 is 0 Å². The Morgan fingerprint density at radius 3 is 2.32 bits per heavy atom. The molecule has 0 fully saturated rings. The van der Waals surface area contributed by atoms with E-state index in [9.17, 15) is 9.59 Å². The van der Waals surface area contributed by atoms with Crippen molar-refractivity contribution < 1.29 is 9.59 Å². The molecule has 5 heteroatoms. The molecule has 1 rings (SSSR count). The minimum atomic E-state index is -0.0416. The number of aryl methyl sites for hydroxylation is 1. The van der Waals surface area contributed by atoms with Crippen molar-refractivity contribution in [3.63, 3.8) is 0 Å². The third-order valence-corrected chi connectivity index (χ3v) is 4.39. The van der Waals surface area contributed by atoms with E-state index in [1.165, 1.54) is 0 Å². The van der Waals surface area contributed by atoms with Gasteiger partial charge in [-0.15, -0.1) is 0 Å². The highest BCUT2D eigenvalue weighted by Gasteiger charge is 2.16. The smallest absolute Gasteiger partial charge is 0.223 e. The van der Waals surface area contributed by atoms with Crippen molar-refractivity contribution in [2.45, 2.75) is 53.9 Å². The highest BCUT2D eigenvalue weighted by Crippen LogP contribution is 2.26. The summed E-state index contributed by atoms with van der Waals surface area (Å²) in [5.74, 6) is -0.0443. The lowest BCUT2D eigenvalue weighted by atomic mass is 10.1. The molecule has 140 valence electrons. The molecule has 0 saturated carbocycles. The Labute approximate surface area is 152 Å². The van der Waals surface area contributed by atoms with Gasteiger partial charge >= 0.3 is 0 Å². The van der Waals surface area contributed by atoms with E-state index in [0.717, 1.165) is 42.9 Å². The molecular weight excluding hydrogens is 314 g/mol. The first-order valence-electron chi connectivity index (χ1n) is 9.34. The van der Waals surface area contributed by atoms with Gasteiger partial charge in [0.1, 0.15) is 0 Å². The minimum Gasteiger partial charge on any atom is -0.372 e. The maximum Gasteiger partial charge on any atom is 0.223 e. The van der Waals surface area contributed by atoms with E-state index in [2.05, 4.69) is 37.1 Å². The summed E-state index contributed by atoms with van der Waals surface area (Å²) >= 11 is 0. The summed E-state index contributed by atoms with van der Waals surface area (Å²) in [6, 6.07) is 6.14. The quantitative estimate of drug-likeness (QED) is 0.659. The number of nitrogens with zero attached hydrogens (tertiary/aromatic N) is 2. The van der Waals surface area contributed by atoms with Crippen molar-refractivity contribution in [3.05, 3.63) is 23.8 Å². The third kappa shape index (κ3) is 6.40. The van der Waals surface area contributed by atoms with Gasteiger partial charge in [0.2, 0.25) is 11.8 Å². The van der Waals surface area contributed by atoms with E-state index in [4.69, 9.17) is 0 Å². The van der Waals surface area contributed by atoms with Crippen molar-refractivity contribution in [1.29, 1.82) is 0 Å². The van der Waals surface area contributed by atoms with Crippen LogP contribution in [-0.4, -0.2) is 38.0 Å². The lowest BCUT2D eigenvalue weighted by molar-refractivity contribution is -0.121. The molecule has 0 saturated heterocycles. The number of carbonyl (C=O) groups excluding carboxylic acids is 2. The largest absolute Gasteiger partial charge is 0.372 e. The van der Waals surface area contributed by atoms with Crippen LogP contribution >= 0.6 is 0 Å². The minimum absolute atomic E-state index is 0.00267. The van der Waals surface area contributed by atoms with Crippen LogP contribution in [0.1, 0.15) is 52.5 Å². The monoisotopic (exact) mass is 347 g/mol. The molecule has 0 aliphatic heterocycles. The zero-order valence-electron chi connectivity index (χ0n) is 16.4. The van der Waals surface area contributed by atoms with Crippen LogP contribution in [0.25, 0.3) is 0 Å². The Morgan fingerprint density at radius 1 is 1.12 bits per heavy atom. The number of hydrogen-bond acceptors (Lipinski definition) is 3. The highest BCUT2D eigenvalue weighted by atomic mass is 16.2. The van der Waals surface area contributed by atoms with E-state index < -0.39 is 0 Å². The Bertz CT molecular complexity index is 568. The van der Waals surface area contributed by atoms with Crippen LogP contribution in [0.2, 0.25) is 0 Å². The van der Waals surface area contributed by atoms with Crippen LogP contribution < -0.4 is 15.1 Å². The van der Waals surface area contributed by atoms with Crippen LogP contribution in [0.3, 0.4) is 0 Å². The lowest BCUT2D eigenvalue weighted by Crippen LogP contribution is -2.34. The van der Waals surface area contributed by atoms with Crippen molar-refractivity contribution in [3.8, 4) is 0 Å². The van der Waals surface area contributed by atoms with Crippen LogP contribution in [0.4, 0.5) is 11.4 Å². The summed E-state index contributed by atoms with van der Waals surface area (Å²) in [4.78, 5) is 28.0. The molecule has 0 spiro atoms. The molecular formula is C20H33N3O2. The zero-order chi connectivity index (χ0) is 18.8. The lowest BCUT2D eigenvalue weighted by Gasteiger charge is -2.26. The Hall–Kier alpha value is -2.04. The predicted molar refractivity (Wildman–Crippen MR) is 105 cm³/mol. The Kier molecular flexibility index (Phi) is 9.03. The highest BCUT2D eigenvalue weighted by molar-refractivity contribution is 5.93. The number of anilines is 2. The van der Waals surface area contributed by atoms with Crippen molar-refractivity contribution in [2.24, 2.45) is 0 Å². The molecule has 1 N–H and O–H groups in total. The molecule has 1 aromatic carbocycles. The van der Waals surface area contributed by atoms with Gasteiger partial charge in [0, 0.05) is 50.9 Å². The first-order chi connectivity index (χ1) is 11.9. The second-order valence-corrected chi connectivity index (χ2v) is 6.27. The number of amides is 2. The number of benzene rings is 1. The fraction of sp³-hybridized carbons (Fsp3) is 0.600. The van der Waals surface area contributed by atoms with Crippen molar-refractivity contribution in [2.75, 3.05) is 36.0 Å². The van der Waals surface area contributed by atoms with Gasteiger partial charge in [-0.1, -0.05) is 13.3 Å². The second-order valence-electron chi connectivity index (χ2n) is 6.27. The number of rotatable bonds is 10. The van der Waals surface area contributed by atoms with Crippen molar-refractivity contribution in [1.82, 2.24) is 5.32 Å². The first kappa shape index (κ1) is 21.0. The topological polar surface area (TPSA) is 52.7 Å². The molecule has 2 amide bonds. The zero-order valence-corrected chi connectivity index (χ0v) is 16.4. The first-order valence-corrected chi connectivity index (χ1v) is 9.34. The molecule has 0 aromatic heterocycles. The molecule has 0 aliphatic rings. The molecule has 0 aliphatic carbocycles. The summed E-state index contributed by atoms with van der Waals surface area (Å²) in [6.45, 7) is 12.9. The third-order valence-electron chi connectivity index (χ3n) is 4.39. The number of carbonyl (C=O) groups is 2. The fourth-order valence-corrected chi connectivity index (χ4v) is 2.88. The Balaban J connectivity index is 2.82. The predicted octanol–water partition coefficient (Wildman–Crippen LogP) is 3.50. The van der Waals surface area contributed by atoms with Gasteiger partial charge in [0.05, 0.1) is 0 Å². The van der Waals surface area contributed by atoms with Gasteiger partial charge in [-0.3, -0.25) is 9.59 Å². The van der Waals surface area contributed by atoms with Crippen LogP contribution in [0.15, 0.2) is 18.2 Å². The standard InChI is InChI=1S/C20H33N3O2/c1-6-9-13-21-20(25)12-14-23(17(5)24)19-11-10-18(15-16(19)4)22(7-2)8-3/h10-11,15H,6-9,12-14H2,1-5H3,(H,21,25). The normalized spacial score (nSPS) is 10.4. The van der Waals surface area contributed by atoms with Crippen LogP contribution in [0, 0.1) is 6.92 Å². The van der Waals surface area contributed by atoms with Gasteiger partial charge in [0.25, 0.3) is 0 Å². The van der Waals surface area contributed by atoms with Gasteiger partial charge in [-0.05, 0) is 51.0 Å². The van der Waals surface area contributed by atoms with Gasteiger partial charge in [0.15, 0.2) is 0 Å². The summed E-state index contributed by atoms with van der Waals surface area (Å²) in [5.41, 5.74) is 3.09. The molecule has 0 heterocycles. The summed E-state index contributed by atoms with van der Waals surface area (Å²) in [5, 5.41) is 2.90. The number of unbranched alkanes of at least 4 members (excludes halogenated alkanes) is 1. The average molecular weight is 348 g/mol. The number of hydrogen-bond donors (Lipinski definition) is 1. The van der Waals surface area contributed by atoms with E-state index in [1.807, 2.05) is 19.1 Å². The van der Waals surface area contributed by atoms with Gasteiger partial charge in [-0.2, -0.15) is 0 Å². The molecule has 5 nitrogen and oxygen atoms in total. The van der Waals surface area contributed by atoms with E-state index in [-0.39, 0.29) is 11.8 Å². The van der Waals surface area contributed by atoms with Gasteiger partial charge < -0.3 is 15.1 Å². The fourth-order valence-electron chi connectivity index (χ4n) is 2.88. The molecule has 25 heavy (non-hydrogen) atoms. The summed E-state index contributed by atoms with van der Waals surface area (Å²) in [6.07, 6.45) is 2.35. The average Bonchev–Trinajstić information content (AvgIpc) is 2.57. The Morgan fingerprint density at radius 2 is 1.80 bits per heavy atom.